The van der Waals surface area contributed by atoms with E-state index in [-0.39, 0.29) is 21.9 Å². The molecule has 0 aliphatic heterocycles. The number of nitrogens with one attached hydrogen (secondary N) is 1. The Morgan fingerprint density at radius 2 is 1.72 bits per heavy atom. The second-order valence-electron chi connectivity index (χ2n) is 11.2. The van der Waals surface area contributed by atoms with Gasteiger partial charge in [0, 0.05) is 6.04 Å². The van der Waals surface area contributed by atoms with Gasteiger partial charge in [-0.2, -0.15) is 9.97 Å². The topological polar surface area (TPSA) is 120 Å². The molecule has 8 nitrogen and oxygen atoms in total. The lowest BCUT2D eigenvalue weighted by molar-refractivity contribution is 0.257. The van der Waals surface area contributed by atoms with Gasteiger partial charge in [-0.3, -0.25) is 0 Å². The quantitative estimate of drug-likeness (QED) is 0.232. The Balaban J connectivity index is 2.00. The second kappa shape index (κ2) is 10.7. The molecule has 11 heteroatoms. The molecule has 0 saturated heterocycles. The van der Waals surface area contributed by atoms with Crippen LogP contribution in [0.1, 0.15) is 58.8 Å². The summed E-state index contributed by atoms with van der Waals surface area (Å²) >= 11 is 1.24. The van der Waals surface area contributed by atoms with E-state index in [2.05, 4.69) is 68.0 Å². The summed E-state index contributed by atoms with van der Waals surface area (Å²) in [7, 11) is -5.85. The molecule has 0 aliphatic rings. The zero-order chi connectivity index (χ0) is 26.9. The summed E-state index contributed by atoms with van der Waals surface area (Å²) in [5, 5.41) is 2.80. The minimum absolute atomic E-state index is 0.0670. The first-order chi connectivity index (χ1) is 16.6. The first-order valence-corrected chi connectivity index (χ1v) is 17.5. The van der Waals surface area contributed by atoms with Gasteiger partial charge >= 0.3 is 0 Å². The average molecular weight is 550 g/mol. The van der Waals surface area contributed by atoms with Crippen LogP contribution >= 0.6 is 11.3 Å². The van der Waals surface area contributed by atoms with E-state index in [0.29, 0.717) is 33.7 Å². The number of aromatic nitrogens is 3. The number of fused-ring (bicyclic) bond motifs is 1. The van der Waals surface area contributed by atoms with E-state index in [9.17, 15) is 8.42 Å². The number of nitrogens with zero attached hydrogens (tertiary/aromatic N) is 3. The van der Waals surface area contributed by atoms with Gasteiger partial charge in [-0.25, -0.2) is 13.4 Å². The number of hydrogen-bond acceptors (Lipinski definition) is 9. The predicted molar refractivity (Wildman–Crippen MR) is 152 cm³/mol. The van der Waals surface area contributed by atoms with Gasteiger partial charge in [0.05, 0.1) is 11.9 Å². The van der Waals surface area contributed by atoms with Crippen molar-refractivity contribution in [2.24, 2.45) is 5.92 Å². The third-order valence-electron chi connectivity index (χ3n) is 6.79. The van der Waals surface area contributed by atoms with Crippen molar-refractivity contribution in [2.45, 2.75) is 82.5 Å². The van der Waals surface area contributed by atoms with Crippen molar-refractivity contribution < 1.29 is 12.8 Å². The van der Waals surface area contributed by atoms with Crippen molar-refractivity contribution in [3.63, 3.8) is 0 Å². The normalized spacial score (nSPS) is 14.8. The van der Waals surface area contributed by atoms with E-state index in [4.69, 9.17) is 10.2 Å². The highest BCUT2D eigenvalue weighted by atomic mass is 32.2. The fourth-order valence-corrected chi connectivity index (χ4v) is 6.60. The van der Waals surface area contributed by atoms with Gasteiger partial charge in [0.1, 0.15) is 4.70 Å². The summed E-state index contributed by atoms with van der Waals surface area (Å²) in [6.07, 6.45) is 0.830. The Morgan fingerprint density at radius 1 is 1.08 bits per heavy atom. The molecule has 2 heterocycles. The van der Waals surface area contributed by atoms with Gasteiger partial charge in [0.2, 0.25) is 9.84 Å². The van der Waals surface area contributed by atoms with Gasteiger partial charge in [-0.1, -0.05) is 76.3 Å². The average Bonchev–Trinajstić information content (AvgIpc) is 3.17. The summed E-state index contributed by atoms with van der Waals surface area (Å²) in [5.74, 6) is 0.827. The fourth-order valence-electron chi connectivity index (χ4n) is 3.56. The highest BCUT2D eigenvalue weighted by Crippen LogP contribution is 2.37. The molecule has 198 valence electrons. The molecule has 3 aromatic rings. The van der Waals surface area contributed by atoms with Crippen LogP contribution in [0.3, 0.4) is 0 Å². The lowest BCUT2D eigenvalue weighted by Crippen LogP contribution is -2.44. The van der Waals surface area contributed by atoms with Gasteiger partial charge in [0.15, 0.2) is 24.9 Å². The van der Waals surface area contributed by atoms with Gasteiger partial charge < -0.3 is 15.5 Å². The van der Waals surface area contributed by atoms with Crippen LogP contribution in [0.4, 0.5) is 10.9 Å². The lowest BCUT2D eigenvalue weighted by atomic mass is 10.0. The molecule has 0 radical (unpaired) electrons. The second-order valence-corrected chi connectivity index (χ2v) is 19.2. The summed E-state index contributed by atoms with van der Waals surface area (Å²) in [6, 6.07) is 9.00. The molecular formula is C25H39N5O3S2Si. The van der Waals surface area contributed by atoms with Crippen LogP contribution in [0.2, 0.25) is 18.1 Å². The van der Waals surface area contributed by atoms with Crippen LogP contribution in [-0.4, -0.2) is 44.3 Å². The van der Waals surface area contributed by atoms with E-state index in [0.717, 1.165) is 6.42 Å². The maximum absolute atomic E-state index is 13.5. The van der Waals surface area contributed by atoms with E-state index in [1.54, 1.807) is 19.1 Å². The summed E-state index contributed by atoms with van der Waals surface area (Å²) in [6.45, 7) is 17.5. The standard InChI is InChI=1S/C25H39N5O3S2Si/c1-16(2)14-19(15-33-36(7,8)25(4,5)6)27-21-20-22(28-23(26)34-20)30-24(29-21)35(31,32)17(3)18-12-10-9-11-13-18/h9-13,16-17,19H,14-15H2,1-8H3,(H3,26,27,28,29,30)/t17-,19+/m0/s1. The van der Waals surface area contributed by atoms with Crippen molar-refractivity contribution in [3.05, 3.63) is 35.9 Å². The maximum atomic E-state index is 13.5. The Labute approximate surface area is 220 Å². The van der Waals surface area contributed by atoms with Crippen LogP contribution < -0.4 is 11.1 Å². The molecule has 2 atom stereocenters. The first-order valence-electron chi connectivity index (χ1n) is 12.2. The summed E-state index contributed by atoms with van der Waals surface area (Å²) in [5.41, 5.74) is 6.94. The molecule has 0 unspecified atom stereocenters. The van der Waals surface area contributed by atoms with Gasteiger partial charge in [-0.05, 0) is 43.0 Å². The fraction of sp³-hybridized carbons (Fsp3) is 0.560. The van der Waals surface area contributed by atoms with Crippen LogP contribution in [0, 0.1) is 5.92 Å². The van der Waals surface area contributed by atoms with E-state index in [1.165, 1.54) is 11.3 Å². The molecule has 0 amide bonds. The molecule has 3 N–H and O–H groups in total. The molecule has 0 saturated carbocycles. The van der Waals surface area contributed by atoms with Gasteiger partial charge in [0.25, 0.3) is 5.16 Å². The molecule has 2 aromatic heterocycles. The molecule has 3 rings (SSSR count). The highest BCUT2D eigenvalue weighted by molar-refractivity contribution is 7.91. The summed E-state index contributed by atoms with van der Waals surface area (Å²) < 4.78 is 34.2. The van der Waals surface area contributed by atoms with Crippen molar-refractivity contribution >= 4 is 50.8 Å². The predicted octanol–water partition coefficient (Wildman–Crippen LogP) is 6.05. The van der Waals surface area contributed by atoms with Crippen LogP contribution in [0.15, 0.2) is 35.5 Å². The summed E-state index contributed by atoms with van der Waals surface area (Å²) in [4.78, 5) is 13.1. The zero-order valence-electron chi connectivity index (χ0n) is 22.5. The van der Waals surface area contributed by atoms with Gasteiger partial charge in [-0.15, -0.1) is 0 Å². The molecule has 0 aliphatic carbocycles. The Morgan fingerprint density at radius 3 is 2.31 bits per heavy atom. The smallest absolute Gasteiger partial charge is 0.251 e. The molecule has 36 heavy (non-hydrogen) atoms. The van der Waals surface area contributed by atoms with Crippen LogP contribution in [0.5, 0.6) is 0 Å². The number of hydrogen-bond donors (Lipinski definition) is 2. The minimum atomic E-state index is -3.87. The van der Waals surface area contributed by atoms with E-state index in [1.807, 2.05) is 18.2 Å². The SMILES string of the molecule is CC(C)C[C@H](CO[Si](C)(C)C(C)(C)C)Nc1nc(S(=O)(=O)[C@@H](C)c2ccccc2)nc2nc(N)sc12. The number of nitrogen functional groups attached to an aromatic ring is 1. The molecule has 1 aromatic carbocycles. The largest absolute Gasteiger partial charge is 0.415 e. The Hall–Kier alpha value is -2.08. The number of nitrogens with two attached hydrogens (primary N) is 1. The van der Waals surface area contributed by atoms with Crippen LogP contribution in [-0.2, 0) is 14.3 Å². The van der Waals surface area contributed by atoms with E-state index >= 15 is 0 Å². The maximum Gasteiger partial charge on any atom is 0.251 e. The Kier molecular flexibility index (Phi) is 8.49. The van der Waals surface area contributed by atoms with Crippen molar-refractivity contribution in [1.82, 2.24) is 15.0 Å². The number of thiazole rings is 1. The monoisotopic (exact) mass is 549 g/mol. The molecule has 0 fully saturated rings. The number of anilines is 2. The minimum Gasteiger partial charge on any atom is -0.415 e. The lowest BCUT2D eigenvalue weighted by Gasteiger charge is -2.37. The number of sulfone groups is 1. The highest BCUT2D eigenvalue weighted by Gasteiger charge is 2.38. The first kappa shape index (κ1) is 28.5. The number of rotatable bonds is 10. The van der Waals surface area contributed by atoms with Crippen molar-refractivity contribution in [3.8, 4) is 0 Å². The third kappa shape index (κ3) is 6.42. The van der Waals surface area contributed by atoms with Crippen LogP contribution in [0.25, 0.3) is 10.3 Å². The Bertz CT molecular complexity index is 1290. The van der Waals surface area contributed by atoms with Crippen molar-refractivity contribution in [2.75, 3.05) is 17.7 Å². The molecular weight excluding hydrogens is 511 g/mol. The molecule has 0 bridgehead atoms. The zero-order valence-corrected chi connectivity index (χ0v) is 25.1. The van der Waals surface area contributed by atoms with E-state index < -0.39 is 23.4 Å². The third-order valence-corrected chi connectivity index (χ3v) is 14.1. The molecule has 0 spiro atoms. The number of benzene rings is 1. The van der Waals surface area contributed by atoms with Crippen molar-refractivity contribution in [1.29, 1.82) is 0 Å².